The highest BCUT2D eigenvalue weighted by molar-refractivity contribution is 6.08. The van der Waals surface area contributed by atoms with E-state index in [0.717, 1.165) is 25.7 Å². The largest absolute Gasteiger partial charge is 0.494 e. The second-order valence-electron chi connectivity index (χ2n) is 8.59. The molecule has 1 heterocycles. The fraction of sp³-hybridized carbons (Fsp3) is 0.357. The number of anilines is 1. The SMILES string of the molecule is CCOc1ccc(N(C(=O)c2ccco2)[C@@H](C(=O)NC2CCCC2)c2ccc(OC)c(OC)c2)cc1. The molecule has 1 N–H and O–H groups in total. The molecule has 4 rings (SSSR count). The van der Waals surface area contributed by atoms with E-state index in [-0.39, 0.29) is 17.7 Å². The van der Waals surface area contributed by atoms with E-state index in [2.05, 4.69) is 5.32 Å². The highest BCUT2D eigenvalue weighted by Gasteiger charge is 2.36. The molecule has 190 valence electrons. The molecule has 1 aliphatic rings. The zero-order chi connectivity index (χ0) is 25.5. The van der Waals surface area contributed by atoms with E-state index < -0.39 is 11.9 Å². The summed E-state index contributed by atoms with van der Waals surface area (Å²) < 4.78 is 21.9. The molecular weight excluding hydrogens is 460 g/mol. The van der Waals surface area contributed by atoms with Crippen LogP contribution in [0.3, 0.4) is 0 Å². The van der Waals surface area contributed by atoms with E-state index in [4.69, 9.17) is 18.6 Å². The van der Waals surface area contributed by atoms with Gasteiger partial charge in [0.2, 0.25) is 5.91 Å². The number of furan rings is 1. The number of nitrogens with zero attached hydrogens (tertiary/aromatic N) is 1. The highest BCUT2D eigenvalue weighted by Crippen LogP contribution is 2.36. The minimum absolute atomic E-state index is 0.0704. The molecule has 1 saturated carbocycles. The number of methoxy groups -OCH3 is 2. The number of rotatable bonds is 10. The summed E-state index contributed by atoms with van der Waals surface area (Å²) in [5.41, 5.74) is 1.11. The van der Waals surface area contributed by atoms with E-state index in [9.17, 15) is 9.59 Å². The first-order valence-corrected chi connectivity index (χ1v) is 12.2. The smallest absolute Gasteiger partial charge is 0.294 e. The Hall–Kier alpha value is -3.94. The molecule has 0 radical (unpaired) electrons. The molecule has 0 unspecified atom stereocenters. The monoisotopic (exact) mass is 492 g/mol. The third-order valence-corrected chi connectivity index (χ3v) is 6.31. The van der Waals surface area contributed by atoms with Crippen molar-refractivity contribution in [2.24, 2.45) is 0 Å². The van der Waals surface area contributed by atoms with Gasteiger partial charge in [0.1, 0.15) is 11.8 Å². The van der Waals surface area contributed by atoms with Crippen LogP contribution in [-0.4, -0.2) is 38.7 Å². The molecule has 8 nitrogen and oxygen atoms in total. The second kappa shape index (κ2) is 11.7. The van der Waals surface area contributed by atoms with Crippen molar-refractivity contribution in [2.45, 2.75) is 44.7 Å². The molecule has 8 heteroatoms. The van der Waals surface area contributed by atoms with E-state index in [1.54, 1.807) is 61.7 Å². The van der Waals surface area contributed by atoms with Gasteiger partial charge in [-0.15, -0.1) is 0 Å². The number of ether oxygens (including phenoxy) is 3. The Morgan fingerprint density at radius 1 is 1.03 bits per heavy atom. The number of carbonyl (C=O) groups excluding carboxylic acids is 2. The molecule has 0 spiro atoms. The Morgan fingerprint density at radius 2 is 1.75 bits per heavy atom. The molecule has 2 amide bonds. The third kappa shape index (κ3) is 5.48. The van der Waals surface area contributed by atoms with E-state index in [0.29, 0.717) is 35.1 Å². The maximum atomic E-state index is 13.9. The third-order valence-electron chi connectivity index (χ3n) is 6.31. The molecule has 1 aromatic heterocycles. The summed E-state index contributed by atoms with van der Waals surface area (Å²) in [6, 6.07) is 14.7. The number of benzene rings is 2. The topological polar surface area (TPSA) is 90.2 Å². The van der Waals surface area contributed by atoms with Gasteiger partial charge in [-0.05, 0) is 73.9 Å². The summed E-state index contributed by atoms with van der Waals surface area (Å²) >= 11 is 0. The fourth-order valence-electron chi connectivity index (χ4n) is 4.56. The standard InChI is InChI=1S/C28H32N2O6/c1-4-35-22-14-12-21(13-15-22)30(28(32)24-10-7-17-36-24)26(27(31)29-20-8-5-6-9-20)19-11-16-23(33-2)25(18-19)34-3/h7,10-18,20,26H,4-6,8-9H2,1-3H3,(H,29,31)/t26-/m1/s1. The highest BCUT2D eigenvalue weighted by atomic mass is 16.5. The summed E-state index contributed by atoms with van der Waals surface area (Å²) in [7, 11) is 3.09. The molecule has 1 atom stereocenters. The van der Waals surface area contributed by atoms with Crippen LogP contribution in [0.15, 0.2) is 65.3 Å². The van der Waals surface area contributed by atoms with Crippen LogP contribution in [0, 0.1) is 0 Å². The zero-order valence-corrected chi connectivity index (χ0v) is 20.9. The molecule has 0 saturated heterocycles. The van der Waals surface area contributed by atoms with Gasteiger partial charge in [0.05, 0.1) is 27.1 Å². The van der Waals surface area contributed by atoms with Crippen LogP contribution in [0.4, 0.5) is 5.69 Å². The average molecular weight is 493 g/mol. The van der Waals surface area contributed by atoms with E-state index in [1.165, 1.54) is 18.3 Å². The van der Waals surface area contributed by atoms with Gasteiger partial charge in [0.25, 0.3) is 5.91 Å². The van der Waals surface area contributed by atoms with Crippen LogP contribution < -0.4 is 24.4 Å². The van der Waals surface area contributed by atoms with Crippen molar-refractivity contribution < 1.29 is 28.2 Å². The van der Waals surface area contributed by atoms with Gasteiger partial charge in [-0.3, -0.25) is 14.5 Å². The summed E-state index contributed by atoms with van der Waals surface area (Å²) in [6.45, 7) is 2.42. The zero-order valence-electron chi connectivity index (χ0n) is 20.9. The predicted molar refractivity (Wildman–Crippen MR) is 136 cm³/mol. The number of carbonyl (C=O) groups is 2. The quantitative estimate of drug-likeness (QED) is 0.421. The fourth-order valence-corrected chi connectivity index (χ4v) is 4.56. The Kier molecular flexibility index (Phi) is 8.15. The Balaban J connectivity index is 1.82. The first kappa shape index (κ1) is 25.2. The first-order chi connectivity index (χ1) is 17.5. The Morgan fingerprint density at radius 3 is 2.36 bits per heavy atom. The average Bonchev–Trinajstić information content (AvgIpc) is 3.62. The van der Waals surface area contributed by atoms with Crippen LogP contribution in [0.25, 0.3) is 0 Å². The minimum atomic E-state index is -0.985. The number of hydrogen-bond donors (Lipinski definition) is 1. The van der Waals surface area contributed by atoms with Crippen molar-refractivity contribution in [2.75, 3.05) is 25.7 Å². The minimum Gasteiger partial charge on any atom is -0.494 e. The number of nitrogens with one attached hydrogen (secondary N) is 1. The van der Waals surface area contributed by atoms with E-state index >= 15 is 0 Å². The number of hydrogen-bond acceptors (Lipinski definition) is 6. The molecule has 3 aromatic rings. The van der Waals surface area contributed by atoms with Gasteiger partial charge >= 0.3 is 0 Å². The van der Waals surface area contributed by atoms with Gasteiger partial charge in [-0.2, -0.15) is 0 Å². The second-order valence-corrected chi connectivity index (χ2v) is 8.59. The lowest BCUT2D eigenvalue weighted by molar-refractivity contribution is -0.123. The van der Waals surface area contributed by atoms with Crippen LogP contribution in [0.5, 0.6) is 17.2 Å². The van der Waals surface area contributed by atoms with E-state index in [1.807, 2.05) is 6.92 Å². The summed E-state index contributed by atoms with van der Waals surface area (Å²) in [5, 5.41) is 3.17. The maximum absolute atomic E-state index is 13.9. The van der Waals surface area contributed by atoms with Crippen LogP contribution in [0.1, 0.15) is 54.8 Å². The van der Waals surface area contributed by atoms with Crippen LogP contribution >= 0.6 is 0 Å². The molecule has 2 aromatic carbocycles. The van der Waals surface area contributed by atoms with Gasteiger partial charge in [-0.25, -0.2) is 0 Å². The predicted octanol–water partition coefficient (Wildman–Crippen LogP) is 5.14. The lowest BCUT2D eigenvalue weighted by atomic mass is 10.0. The first-order valence-electron chi connectivity index (χ1n) is 12.2. The van der Waals surface area contributed by atoms with Crippen LogP contribution in [0.2, 0.25) is 0 Å². The molecule has 0 aliphatic heterocycles. The lowest BCUT2D eigenvalue weighted by Crippen LogP contribution is -2.46. The molecule has 36 heavy (non-hydrogen) atoms. The van der Waals surface area contributed by atoms with Crippen molar-refractivity contribution in [1.29, 1.82) is 0 Å². The molecule has 1 fully saturated rings. The van der Waals surface area contributed by atoms with Gasteiger partial charge in [0.15, 0.2) is 17.3 Å². The summed E-state index contributed by atoms with van der Waals surface area (Å²) in [4.78, 5) is 29.2. The molecular formula is C28H32N2O6. The van der Waals surface area contributed by atoms with Crippen molar-refractivity contribution in [3.05, 3.63) is 72.2 Å². The number of amides is 2. The lowest BCUT2D eigenvalue weighted by Gasteiger charge is -2.32. The molecule has 1 aliphatic carbocycles. The molecule has 0 bridgehead atoms. The van der Waals surface area contributed by atoms with Crippen LogP contribution in [-0.2, 0) is 4.79 Å². The van der Waals surface area contributed by atoms with Gasteiger partial charge in [0, 0.05) is 11.7 Å². The van der Waals surface area contributed by atoms with Crippen molar-refractivity contribution in [1.82, 2.24) is 5.32 Å². The van der Waals surface area contributed by atoms with Gasteiger partial charge in [-0.1, -0.05) is 18.9 Å². The summed E-state index contributed by atoms with van der Waals surface area (Å²) in [6.07, 6.45) is 5.41. The Bertz CT molecular complexity index is 1150. The summed E-state index contributed by atoms with van der Waals surface area (Å²) in [5.74, 6) is 1.08. The van der Waals surface area contributed by atoms with Crippen molar-refractivity contribution in [3.63, 3.8) is 0 Å². The van der Waals surface area contributed by atoms with Crippen molar-refractivity contribution in [3.8, 4) is 17.2 Å². The van der Waals surface area contributed by atoms with Gasteiger partial charge < -0.3 is 23.9 Å². The Labute approximate surface area is 211 Å². The maximum Gasteiger partial charge on any atom is 0.294 e. The van der Waals surface area contributed by atoms with Crippen molar-refractivity contribution >= 4 is 17.5 Å². The normalized spacial score (nSPS) is 14.2.